The fourth-order valence-electron chi connectivity index (χ4n) is 1.67. The zero-order valence-electron chi connectivity index (χ0n) is 11.0. The van der Waals surface area contributed by atoms with Crippen LogP contribution in [0.25, 0.3) is 0 Å². The number of hydrogen-bond acceptors (Lipinski definition) is 5. The highest BCUT2D eigenvalue weighted by molar-refractivity contribution is 7.15. The summed E-state index contributed by atoms with van der Waals surface area (Å²) in [4.78, 5) is 14.9. The van der Waals surface area contributed by atoms with Gasteiger partial charge in [-0.3, -0.25) is 0 Å². The molecule has 1 N–H and O–H groups in total. The van der Waals surface area contributed by atoms with Crippen molar-refractivity contribution in [3.63, 3.8) is 0 Å². The van der Waals surface area contributed by atoms with Crippen LogP contribution < -0.4 is 4.90 Å². The van der Waals surface area contributed by atoms with E-state index in [4.69, 9.17) is 0 Å². The maximum atomic E-state index is 12.0. The van der Waals surface area contributed by atoms with Crippen LogP contribution in [-0.2, 0) is 5.41 Å². The Labute approximate surface area is 110 Å². The van der Waals surface area contributed by atoms with Gasteiger partial charge in [0.1, 0.15) is 11.2 Å². The summed E-state index contributed by atoms with van der Waals surface area (Å²) in [6.07, 6.45) is -0.290. The molecule has 100 valence electrons. The van der Waals surface area contributed by atoms with Crippen molar-refractivity contribution in [3.8, 4) is 0 Å². The van der Waals surface area contributed by atoms with Gasteiger partial charge in [0.25, 0.3) is 0 Å². The molecule has 1 unspecified atom stereocenters. The zero-order chi connectivity index (χ0) is 13.5. The van der Waals surface area contributed by atoms with E-state index in [-0.39, 0.29) is 11.4 Å². The molecule has 2 heterocycles. The van der Waals surface area contributed by atoms with Gasteiger partial charge in [-0.25, -0.2) is 9.69 Å². The lowest BCUT2D eigenvalue weighted by Gasteiger charge is -2.35. The van der Waals surface area contributed by atoms with Crippen molar-refractivity contribution in [3.05, 3.63) is 5.01 Å². The van der Waals surface area contributed by atoms with Crippen LogP contribution in [-0.4, -0.2) is 46.1 Å². The van der Waals surface area contributed by atoms with Gasteiger partial charge in [-0.1, -0.05) is 32.1 Å². The Bertz CT molecular complexity index is 454. The van der Waals surface area contributed by atoms with Gasteiger partial charge in [-0.15, -0.1) is 10.2 Å². The Hall–Kier alpha value is -1.21. The van der Waals surface area contributed by atoms with E-state index in [9.17, 15) is 9.90 Å². The van der Waals surface area contributed by atoms with E-state index in [2.05, 4.69) is 10.2 Å². The highest BCUT2D eigenvalue weighted by Gasteiger charge is 2.34. The first-order valence-electron chi connectivity index (χ1n) is 5.87. The number of rotatable bonds is 1. The van der Waals surface area contributed by atoms with Gasteiger partial charge in [-0.2, -0.15) is 0 Å². The van der Waals surface area contributed by atoms with Crippen molar-refractivity contribution in [2.75, 3.05) is 18.5 Å². The highest BCUT2D eigenvalue weighted by atomic mass is 32.1. The molecule has 2 amide bonds. The average molecular weight is 270 g/mol. The SMILES string of the molecule is CN1CCC(O)N(c2nnc(C(C)(C)C)s2)C1=O. The minimum absolute atomic E-state index is 0.106. The number of aromatic nitrogens is 2. The summed E-state index contributed by atoms with van der Waals surface area (Å²) in [5.41, 5.74) is -0.106. The minimum Gasteiger partial charge on any atom is -0.373 e. The monoisotopic (exact) mass is 270 g/mol. The molecule has 18 heavy (non-hydrogen) atoms. The van der Waals surface area contributed by atoms with Gasteiger partial charge in [0.15, 0.2) is 0 Å². The molecule has 0 aromatic carbocycles. The molecular weight excluding hydrogens is 252 g/mol. The number of carbonyl (C=O) groups is 1. The van der Waals surface area contributed by atoms with Gasteiger partial charge < -0.3 is 10.0 Å². The first kappa shape index (κ1) is 13.2. The van der Waals surface area contributed by atoms with Gasteiger partial charge in [0, 0.05) is 25.4 Å². The fourth-order valence-corrected chi connectivity index (χ4v) is 2.61. The summed E-state index contributed by atoms with van der Waals surface area (Å²) in [5, 5.41) is 19.4. The predicted octanol–water partition coefficient (Wildman–Crippen LogP) is 1.42. The molecule has 1 fully saturated rings. The molecule has 7 heteroatoms. The molecule has 1 aromatic rings. The van der Waals surface area contributed by atoms with Crippen molar-refractivity contribution in [1.29, 1.82) is 0 Å². The van der Waals surface area contributed by atoms with Crippen LogP contribution in [0.4, 0.5) is 9.93 Å². The number of aliphatic hydroxyl groups excluding tert-OH is 1. The number of urea groups is 1. The van der Waals surface area contributed by atoms with Crippen molar-refractivity contribution in [2.24, 2.45) is 0 Å². The van der Waals surface area contributed by atoms with E-state index in [1.165, 1.54) is 16.2 Å². The molecule has 0 radical (unpaired) electrons. The largest absolute Gasteiger partial charge is 0.373 e. The lowest BCUT2D eigenvalue weighted by atomic mass is 9.98. The molecule has 1 aliphatic rings. The van der Waals surface area contributed by atoms with Crippen LogP contribution >= 0.6 is 11.3 Å². The van der Waals surface area contributed by atoms with E-state index in [1.54, 1.807) is 11.9 Å². The standard InChI is InChI=1S/C11H18N4O2S/c1-11(2,3)8-12-13-9(18-8)15-7(16)5-6-14(4)10(15)17/h7,16H,5-6H2,1-4H3. The molecule has 6 nitrogen and oxygen atoms in total. The highest BCUT2D eigenvalue weighted by Crippen LogP contribution is 2.32. The first-order valence-corrected chi connectivity index (χ1v) is 6.68. The summed E-state index contributed by atoms with van der Waals surface area (Å²) in [6, 6.07) is -0.231. The van der Waals surface area contributed by atoms with E-state index in [1.807, 2.05) is 20.8 Å². The number of nitrogens with zero attached hydrogens (tertiary/aromatic N) is 4. The van der Waals surface area contributed by atoms with Gasteiger partial charge in [0.05, 0.1) is 0 Å². The van der Waals surface area contributed by atoms with E-state index in [0.29, 0.717) is 18.1 Å². The summed E-state index contributed by atoms with van der Waals surface area (Å²) in [6.45, 7) is 6.68. The van der Waals surface area contributed by atoms with Crippen LogP contribution in [0.1, 0.15) is 32.2 Å². The first-order chi connectivity index (χ1) is 8.30. The smallest absolute Gasteiger partial charge is 0.328 e. The molecule has 1 aliphatic heterocycles. The fraction of sp³-hybridized carbons (Fsp3) is 0.727. The second kappa shape index (κ2) is 4.47. The normalized spacial score (nSPS) is 21.6. The third kappa shape index (κ3) is 2.32. The molecule has 0 saturated carbocycles. The van der Waals surface area contributed by atoms with E-state index >= 15 is 0 Å². The predicted molar refractivity (Wildman–Crippen MR) is 69.7 cm³/mol. The van der Waals surface area contributed by atoms with Crippen molar-refractivity contribution >= 4 is 22.5 Å². The Morgan fingerprint density at radius 1 is 1.39 bits per heavy atom. The van der Waals surface area contributed by atoms with Crippen LogP contribution in [0.3, 0.4) is 0 Å². The Balaban J connectivity index is 2.30. The Morgan fingerprint density at radius 3 is 2.61 bits per heavy atom. The van der Waals surface area contributed by atoms with Crippen molar-refractivity contribution in [2.45, 2.75) is 38.8 Å². The van der Waals surface area contributed by atoms with E-state index in [0.717, 1.165) is 5.01 Å². The van der Waals surface area contributed by atoms with Crippen LogP contribution in [0.2, 0.25) is 0 Å². The third-order valence-corrected chi connectivity index (χ3v) is 4.16. The number of aliphatic hydroxyl groups is 1. The summed E-state index contributed by atoms with van der Waals surface area (Å²) in [7, 11) is 1.72. The van der Waals surface area contributed by atoms with Gasteiger partial charge >= 0.3 is 6.03 Å². The van der Waals surface area contributed by atoms with Crippen molar-refractivity contribution in [1.82, 2.24) is 15.1 Å². The summed E-state index contributed by atoms with van der Waals surface area (Å²) >= 11 is 1.35. The third-order valence-electron chi connectivity index (χ3n) is 2.82. The lowest BCUT2D eigenvalue weighted by Crippen LogP contribution is -2.53. The summed E-state index contributed by atoms with van der Waals surface area (Å²) in [5.74, 6) is 0. The molecular formula is C11H18N4O2S. The van der Waals surface area contributed by atoms with Crippen LogP contribution in [0.5, 0.6) is 0 Å². The number of carbonyl (C=O) groups excluding carboxylic acids is 1. The van der Waals surface area contributed by atoms with Crippen LogP contribution in [0.15, 0.2) is 0 Å². The quantitative estimate of drug-likeness (QED) is 0.838. The van der Waals surface area contributed by atoms with Crippen LogP contribution in [0, 0.1) is 0 Å². The maximum absolute atomic E-state index is 12.0. The Morgan fingerprint density at radius 2 is 2.06 bits per heavy atom. The van der Waals surface area contributed by atoms with Gasteiger partial charge in [0.2, 0.25) is 5.13 Å². The maximum Gasteiger partial charge on any atom is 0.328 e. The average Bonchev–Trinajstić information content (AvgIpc) is 2.73. The van der Waals surface area contributed by atoms with Crippen molar-refractivity contribution < 1.29 is 9.90 Å². The van der Waals surface area contributed by atoms with Gasteiger partial charge in [-0.05, 0) is 0 Å². The number of anilines is 1. The molecule has 0 spiro atoms. The molecule has 1 aromatic heterocycles. The molecule has 0 bridgehead atoms. The molecule has 0 aliphatic carbocycles. The Kier molecular flexibility index (Phi) is 3.29. The minimum atomic E-state index is -0.811. The second-order valence-electron chi connectivity index (χ2n) is 5.48. The van der Waals surface area contributed by atoms with E-state index < -0.39 is 6.23 Å². The second-order valence-corrected chi connectivity index (χ2v) is 6.44. The molecule has 1 saturated heterocycles. The zero-order valence-corrected chi connectivity index (χ0v) is 11.9. The number of hydrogen-bond donors (Lipinski definition) is 1. The topological polar surface area (TPSA) is 69.6 Å². The number of amides is 2. The molecule has 1 atom stereocenters. The lowest BCUT2D eigenvalue weighted by molar-refractivity contribution is 0.116. The molecule has 2 rings (SSSR count). The summed E-state index contributed by atoms with van der Waals surface area (Å²) < 4.78 is 0.